The number of aliphatic hydroxyl groups is 1. The minimum Gasteiger partial charge on any atom is -0.393 e. The maximum absolute atomic E-state index is 14.3. The van der Waals surface area contributed by atoms with Gasteiger partial charge in [0.15, 0.2) is 9.84 Å². The molecule has 0 aromatic heterocycles. The van der Waals surface area contributed by atoms with E-state index in [0.29, 0.717) is 31.7 Å². The van der Waals surface area contributed by atoms with E-state index in [1.54, 1.807) is 6.07 Å². The Bertz CT molecular complexity index is 1080. The fourth-order valence-electron chi connectivity index (χ4n) is 3.72. The Hall–Kier alpha value is -2.44. The van der Waals surface area contributed by atoms with Crippen molar-refractivity contribution in [3.8, 4) is 17.2 Å². The van der Waals surface area contributed by atoms with Crippen LogP contribution in [0.5, 0.6) is 0 Å². The number of benzene rings is 2. The van der Waals surface area contributed by atoms with E-state index in [1.165, 1.54) is 12.1 Å². The van der Waals surface area contributed by atoms with Crippen LogP contribution in [-0.2, 0) is 16.0 Å². The number of nitriles is 1. The molecule has 1 aliphatic carbocycles. The van der Waals surface area contributed by atoms with Crippen molar-refractivity contribution < 1.29 is 31.1 Å². The molecule has 0 aliphatic heterocycles. The molecular formula is C21H19F4NO3S. The Morgan fingerprint density at radius 2 is 1.73 bits per heavy atom. The zero-order valence-electron chi connectivity index (χ0n) is 15.8. The van der Waals surface area contributed by atoms with Crippen molar-refractivity contribution in [1.82, 2.24) is 0 Å². The molecule has 30 heavy (non-hydrogen) atoms. The topological polar surface area (TPSA) is 78.2 Å². The smallest absolute Gasteiger partial charge is 0.393 e. The zero-order chi connectivity index (χ0) is 22.1. The maximum Gasteiger partial charge on any atom is 0.417 e. The second-order valence-corrected chi connectivity index (χ2v) is 9.47. The minimum absolute atomic E-state index is 0.0177. The van der Waals surface area contributed by atoms with Gasteiger partial charge in [0, 0.05) is 5.56 Å². The molecule has 0 atom stereocenters. The summed E-state index contributed by atoms with van der Waals surface area (Å²) in [4.78, 5) is -0.834. The lowest BCUT2D eigenvalue weighted by Gasteiger charge is -2.25. The van der Waals surface area contributed by atoms with Gasteiger partial charge < -0.3 is 5.11 Å². The summed E-state index contributed by atoms with van der Waals surface area (Å²) in [6.45, 7) is 0. The summed E-state index contributed by atoms with van der Waals surface area (Å²) in [6, 6.07) is 7.73. The Morgan fingerprint density at radius 1 is 1.07 bits per heavy atom. The van der Waals surface area contributed by atoms with Crippen molar-refractivity contribution in [3.05, 3.63) is 53.3 Å². The van der Waals surface area contributed by atoms with Gasteiger partial charge in [0.25, 0.3) is 0 Å². The molecule has 0 bridgehead atoms. The van der Waals surface area contributed by atoms with E-state index in [4.69, 9.17) is 5.26 Å². The third-order valence-electron chi connectivity index (χ3n) is 5.30. The van der Waals surface area contributed by atoms with Gasteiger partial charge in [0.2, 0.25) is 0 Å². The molecule has 0 spiro atoms. The van der Waals surface area contributed by atoms with E-state index in [0.717, 1.165) is 18.2 Å². The van der Waals surface area contributed by atoms with Gasteiger partial charge in [0.1, 0.15) is 5.82 Å². The van der Waals surface area contributed by atoms with Crippen LogP contribution in [0.1, 0.15) is 36.8 Å². The molecule has 2 aromatic carbocycles. The van der Waals surface area contributed by atoms with Crippen LogP contribution < -0.4 is 0 Å². The first-order valence-corrected chi connectivity index (χ1v) is 11.0. The van der Waals surface area contributed by atoms with Crippen LogP contribution in [0.25, 0.3) is 11.1 Å². The van der Waals surface area contributed by atoms with E-state index < -0.39 is 44.1 Å². The number of halogens is 4. The van der Waals surface area contributed by atoms with E-state index in [2.05, 4.69) is 0 Å². The van der Waals surface area contributed by atoms with Gasteiger partial charge in [-0.1, -0.05) is 12.1 Å². The average Bonchev–Trinajstić information content (AvgIpc) is 2.68. The third-order valence-corrected chi connectivity index (χ3v) is 7.24. The molecular weight excluding hydrogens is 422 g/mol. The fourth-order valence-corrected chi connectivity index (χ4v) is 5.64. The molecule has 1 fully saturated rings. The van der Waals surface area contributed by atoms with E-state index in [1.807, 2.05) is 0 Å². The summed E-state index contributed by atoms with van der Waals surface area (Å²) in [5.41, 5.74) is -1.63. The van der Waals surface area contributed by atoms with E-state index in [-0.39, 0.29) is 22.6 Å². The highest BCUT2D eigenvalue weighted by atomic mass is 32.2. The summed E-state index contributed by atoms with van der Waals surface area (Å²) in [5.74, 6) is -1.64. The van der Waals surface area contributed by atoms with E-state index in [9.17, 15) is 31.1 Å². The van der Waals surface area contributed by atoms with Crippen molar-refractivity contribution in [3.63, 3.8) is 0 Å². The number of hydrogen-bond donors (Lipinski definition) is 1. The molecule has 0 unspecified atom stereocenters. The van der Waals surface area contributed by atoms with Gasteiger partial charge in [0.05, 0.1) is 33.9 Å². The van der Waals surface area contributed by atoms with Crippen LogP contribution in [0.15, 0.2) is 41.3 Å². The lowest BCUT2D eigenvalue weighted by molar-refractivity contribution is -0.139. The molecule has 0 amide bonds. The summed E-state index contributed by atoms with van der Waals surface area (Å²) < 4.78 is 80.9. The van der Waals surface area contributed by atoms with Crippen molar-refractivity contribution in [1.29, 1.82) is 5.26 Å². The largest absolute Gasteiger partial charge is 0.417 e. The molecule has 0 heterocycles. The van der Waals surface area contributed by atoms with Gasteiger partial charge in [-0.3, -0.25) is 0 Å². The summed E-state index contributed by atoms with van der Waals surface area (Å²) in [6.07, 6.45) is -3.76. The molecule has 2 aromatic rings. The Morgan fingerprint density at radius 3 is 2.30 bits per heavy atom. The Balaban J connectivity index is 2.01. The lowest BCUT2D eigenvalue weighted by Crippen LogP contribution is -2.25. The van der Waals surface area contributed by atoms with Gasteiger partial charge in [-0.15, -0.1) is 0 Å². The molecule has 0 saturated heterocycles. The third kappa shape index (κ3) is 4.82. The molecule has 0 radical (unpaired) electrons. The predicted molar refractivity (Wildman–Crippen MR) is 102 cm³/mol. The Labute approximate surface area is 171 Å². The first-order chi connectivity index (χ1) is 14.0. The van der Waals surface area contributed by atoms with Gasteiger partial charge in [-0.2, -0.15) is 18.4 Å². The van der Waals surface area contributed by atoms with Gasteiger partial charge in [-0.25, -0.2) is 12.8 Å². The number of alkyl halides is 3. The van der Waals surface area contributed by atoms with Crippen molar-refractivity contribution in [2.75, 3.05) is 5.75 Å². The molecule has 9 heteroatoms. The molecule has 4 nitrogen and oxygen atoms in total. The quantitative estimate of drug-likeness (QED) is 0.698. The number of sulfone groups is 1. The summed E-state index contributed by atoms with van der Waals surface area (Å²) >= 11 is 0. The second-order valence-electron chi connectivity index (χ2n) is 7.47. The zero-order valence-corrected chi connectivity index (χ0v) is 16.6. The van der Waals surface area contributed by atoms with Crippen LogP contribution in [0.3, 0.4) is 0 Å². The highest BCUT2D eigenvalue weighted by molar-refractivity contribution is 7.91. The number of aliphatic hydroxyl groups excluding tert-OH is 1. The van der Waals surface area contributed by atoms with Gasteiger partial charge >= 0.3 is 6.18 Å². The normalized spacial score (nSPS) is 20.0. The summed E-state index contributed by atoms with van der Waals surface area (Å²) in [5, 5.41) is 18.3. The molecule has 1 aliphatic rings. The van der Waals surface area contributed by atoms with Crippen molar-refractivity contribution in [2.24, 2.45) is 5.92 Å². The number of nitrogens with zero attached hydrogens (tertiary/aromatic N) is 1. The molecule has 1 saturated carbocycles. The van der Waals surface area contributed by atoms with Crippen molar-refractivity contribution >= 4 is 9.84 Å². The first-order valence-electron chi connectivity index (χ1n) is 9.33. The second kappa shape index (κ2) is 8.36. The SMILES string of the molecule is N#Cc1ccc(-c2ccc(S(=O)(=O)CC3CCC(O)CC3)c(C(F)(F)F)c2)c(F)c1. The van der Waals surface area contributed by atoms with Crippen LogP contribution >= 0.6 is 0 Å². The predicted octanol–water partition coefficient (Wildman–Crippen LogP) is 4.71. The van der Waals surface area contributed by atoms with Crippen molar-refractivity contribution in [2.45, 2.75) is 42.9 Å². The van der Waals surface area contributed by atoms with Crippen LogP contribution in [-0.4, -0.2) is 25.4 Å². The standard InChI is InChI=1S/C21H19F4NO3S/c22-19-9-14(11-26)3-7-17(19)15-4-8-20(18(10-15)21(23,24)25)30(28,29)12-13-1-5-16(27)6-2-13/h3-4,7-10,13,16,27H,1-2,5-6,12H2. The maximum atomic E-state index is 14.3. The summed E-state index contributed by atoms with van der Waals surface area (Å²) in [7, 11) is -4.25. The first kappa shape index (κ1) is 22.2. The average molecular weight is 441 g/mol. The Kier molecular flexibility index (Phi) is 6.20. The monoisotopic (exact) mass is 441 g/mol. The molecule has 160 valence electrons. The number of hydrogen-bond acceptors (Lipinski definition) is 4. The minimum atomic E-state index is -4.95. The lowest BCUT2D eigenvalue weighted by atomic mass is 9.89. The van der Waals surface area contributed by atoms with Crippen LogP contribution in [0.2, 0.25) is 0 Å². The molecule has 1 N–H and O–H groups in total. The van der Waals surface area contributed by atoms with Crippen LogP contribution in [0, 0.1) is 23.1 Å². The highest BCUT2D eigenvalue weighted by Crippen LogP contribution is 2.39. The van der Waals surface area contributed by atoms with Crippen LogP contribution in [0.4, 0.5) is 17.6 Å². The van der Waals surface area contributed by atoms with E-state index >= 15 is 0 Å². The molecule has 3 rings (SSSR count). The highest BCUT2D eigenvalue weighted by Gasteiger charge is 2.38. The number of rotatable bonds is 4. The van der Waals surface area contributed by atoms with Gasteiger partial charge in [-0.05, 0) is 61.4 Å². The fraction of sp³-hybridized carbons (Fsp3) is 0.381.